The van der Waals surface area contributed by atoms with E-state index in [4.69, 9.17) is 5.11 Å². The van der Waals surface area contributed by atoms with Crippen molar-refractivity contribution in [3.05, 3.63) is 36.0 Å². The predicted octanol–water partition coefficient (Wildman–Crippen LogP) is 1.43. The largest absolute Gasteiger partial charge is 0.481 e. The number of carbonyl (C=O) groups is 2. The second-order valence-corrected chi connectivity index (χ2v) is 4.48. The van der Waals surface area contributed by atoms with Crippen LogP contribution in [0.3, 0.4) is 0 Å². The van der Waals surface area contributed by atoms with E-state index in [-0.39, 0.29) is 12.3 Å². The standard InChI is InChI=1S/C13H12N2O3/c16-11-5-8(13(17)18)12(15-11)9-6-14-10-4-2-1-3-7(9)10/h1-4,6,8,12,14H,5H2,(H,15,16)(H,17,18). The number of carbonyl (C=O) groups excluding carboxylic acids is 1. The van der Waals surface area contributed by atoms with Crippen LogP contribution in [0, 0.1) is 5.92 Å². The summed E-state index contributed by atoms with van der Waals surface area (Å²) in [7, 11) is 0. The predicted molar refractivity (Wildman–Crippen MR) is 64.9 cm³/mol. The number of hydrogen-bond donors (Lipinski definition) is 3. The zero-order valence-corrected chi connectivity index (χ0v) is 9.51. The summed E-state index contributed by atoms with van der Waals surface area (Å²) in [6.45, 7) is 0. The summed E-state index contributed by atoms with van der Waals surface area (Å²) in [5.74, 6) is -1.85. The van der Waals surface area contributed by atoms with E-state index < -0.39 is 17.9 Å². The summed E-state index contributed by atoms with van der Waals surface area (Å²) in [4.78, 5) is 25.7. The molecule has 0 spiro atoms. The van der Waals surface area contributed by atoms with Gasteiger partial charge in [-0.15, -0.1) is 0 Å². The molecule has 5 nitrogen and oxygen atoms in total. The van der Waals surface area contributed by atoms with Crippen LogP contribution in [0.2, 0.25) is 0 Å². The average molecular weight is 244 g/mol. The van der Waals surface area contributed by atoms with Gasteiger partial charge in [-0.1, -0.05) is 18.2 Å². The molecule has 3 N–H and O–H groups in total. The maximum absolute atomic E-state index is 11.4. The first kappa shape index (κ1) is 10.8. The molecule has 1 aromatic carbocycles. The molecule has 0 radical (unpaired) electrons. The van der Waals surface area contributed by atoms with Crippen LogP contribution in [0.1, 0.15) is 18.0 Å². The fourth-order valence-electron chi connectivity index (χ4n) is 2.53. The molecule has 2 aromatic rings. The number of aromatic nitrogens is 1. The second-order valence-electron chi connectivity index (χ2n) is 4.48. The Morgan fingerprint density at radius 1 is 1.33 bits per heavy atom. The molecular weight excluding hydrogens is 232 g/mol. The van der Waals surface area contributed by atoms with Crippen molar-refractivity contribution in [2.75, 3.05) is 0 Å². The highest BCUT2D eigenvalue weighted by Crippen LogP contribution is 2.34. The lowest BCUT2D eigenvalue weighted by Gasteiger charge is -2.14. The molecule has 1 saturated heterocycles. The molecule has 1 fully saturated rings. The third kappa shape index (κ3) is 1.55. The van der Waals surface area contributed by atoms with Crippen molar-refractivity contribution in [1.82, 2.24) is 10.3 Å². The highest BCUT2D eigenvalue weighted by molar-refractivity contribution is 5.90. The minimum absolute atomic E-state index is 0.0412. The van der Waals surface area contributed by atoms with E-state index in [0.717, 1.165) is 16.5 Å². The number of aromatic amines is 1. The van der Waals surface area contributed by atoms with Crippen molar-refractivity contribution in [3.8, 4) is 0 Å². The normalized spacial score (nSPS) is 23.2. The Bertz CT molecular complexity index is 632. The van der Waals surface area contributed by atoms with E-state index >= 15 is 0 Å². The van der Waals surface area contributed by atoms with E-state index in [1.165, 1.54) is 0 Å². The maximum Gasteiger partial charge on any atom is 0.309 e. The molecule has 18 heavy (non-hydrogen) atoms. The van der Waals surface area contributed by atoms with E-state index in [1.807, 2.05) is 24.3 Å². The van der Waals surface area contributed by atoms with Crippen molar-refractivity contribution >= 4 is 22.8 Å². The summed E-state index contributed by atoms with van der Waals surface area (Å²) in [5.41, 5.74) is 1.78. The lowest BCUT2D eigenvalue weighted by atomic mass is 9.94. The first-order valence-electron chi connectivity index (χ1n) is 5.75. The molecule has 1 aromatic heterocycles. The van der Waals surface area contributed by atoms with Gasteiger partial charge in [0, 0.05) is 29.1 Å². The van der Waals surface area contributed by atoms with Crippen LogP contribution < -0.4 is 5.32 Å². The number of aliphatic carboxylic acids is 1. The smallest absolute Gasteiger partial charge is 0.309 e. The molecule has 92 valence electrons. The van der Waals surface area contributed by atoms with Gasteiger partial charge < -0.3 is 15.4 Å². The third-order valence-electron chi connectivity index (χ3n) is 3.40. The highest BCUT2D eigenvalue weighted by atomic mass is 16.4. The number of carboxylic acid groups (broad SMARTS) is 1. The Hall–Kier alpha value is -2.30. The summed E-state index contributed by atoms with van der Waals surface area (Å²) < 4.78 is 0. The fourth-order valence-corrected chi connectivity index (χ4v) is 2.53. The number of para-hydroxylation sites is 1. The molecule has 1 aliphatic rings. The Kier molecular flexibility index (Phi) is 2.33. The van der Waals surface area contributed by atoms with Crippen molar-refractivity contribution in [1.29, 1.82) is 0 Å². The van der Waals surface area contributed by atoms with Gasteiger partial charge in [0.15, 0.2) is 0 Å². The summed E-state index contributed by atoms with van der Waals surface area (Å²) in [5, 5.41) is 12.9. The van der Waals surface area contributed by atoms with Crippen molar-refractivity contribution in [3.63, 3.8) is 0 Å². The molecule has 2 unspecified atom stereocenters. The topological polar surface area (TPSA) is 82.2 Å². The van der Waals surface area contributed by atoms with Crippen LogP contribution in [0.15, 0.2) is 30.5 Å². The van der Waals surface area contributed by atoms with Gasteiger partial charge in [-0.3, -0.25) is 9.59 Å². The van der Waals surface area contributed by atoms with E-state index in [1.54, 1.807) is 6.20 Å². The van der Waals surface area contributed by atoms with Crippen molar-refractivity contribution in [2.45, 2.75) is 12.5 Å². The van der Waals surface area contributed by atoms with Crippen LogP contribution in [0.25, 0.3) is 10.9 Å². The zero-order valence-electron chi connectivity index (χ0n) is 9.51. The van der Waals surface area contributed by atoms with Gasteiger partial charge >= 0.3 is 5.97 Å². The molecule has 1 aliphatic heterocycles. The van der Waals surface area contributed by atoms with Crippen molar-refractivity contribution < 1.29 is 14.7 Å². The third-order valence-corrected chi connectivity index (χ3v) is 3.40. The summed E-state index contributed by atoms with van der Waals surface area (Å²) in [6, 6.07) is 7.19. The van der Waals surface area contributed by atoms with Gasteiger partial charge in [0.2, 0.25) is 5.91 Å². The van der Waals surface area contributed by atoms with Crippen LogP contribution >= 0.6 is 0 Å². The number of nitrogens with one attached hydrogen (secondary N) is 2. The molecule has 2 heterocycles. The number of benzene rings is 1. The quantitative estimate of drug-likeness (QED) is 0.747. The van der Waals surface area contributed by atoms with E-state index in [9.17, 15) is 9.59 Å². The first-order valence-corrected chi connectivity index (χ1v) is 5.75. The lowest BCUT2D eigenvalue weighted by Crippen LogP contribution is -2.24. The first-order chi connectivity index (χ1) is 8.66. The van der Waals surface area contributed by atoms with Crippen LogP contribution in [0.5, 0.6) is 0 Å². The maximum atomic E-state index is 11.4. The molecule has 1 amide bonds. The van der Waals surface area contributed by atoms with Gasteiger partial charge in [-0.25, -0.2) is 0 Å². The molecule has 3 rings (SSSR count). The summed E-state index contributed by atoms with van der Waals surface area (Å²) in [6.07, 6.45) is 1.82. The molecule has 0 saturated carbocycles. The minimum atomic E-state index is -0.941. The lowest BCUT2D eigenvalue weighted by molar-refractivity contribution is -0.142. The number of rotatable bonds is 2. The molecular formula is C13H12N2O3. The number of amides is 1. The van der Waals surface area contributed by atoms with E-state index in [0.29, 0.717) is 0 Å². The Balaban J connectivity index is 2.08. The average Bonchev–Trinajstić information content (AvgIpc) is 2.92. The van der Waals surface area contributed by atoms with Gasteiger partial charge in [0.05, 0.1) is 12.0 Å². The fraction of sp³-hybridized carbons (Fsp3) is 0.231. The monoisotopic (exact) mass is 244 g/mol. The molecule has 0 aliphatic carbocycles. The Morgan fingerprint density at radius 3 is 2.89 bits per heavy atom. The number of hydrogen-bond acceptors (Lipinski definition) is 2. The second kappa shape index (κ2) is 3.87. The Morgan fingerprint density at radius 2 is 2.11 bits per heavy atom. The van der Waals surface area contributed by atoms with Gasteiger partial charge in [0.1, 0.15) is 0 Å². The van der Waals surface area contributed by atoms with Crippen molar-refractivity contribution in [2.24, 2.45) is 5.92 Å². The zero-order chi connectivity index (χ0) is 12.7. The SMILES string of the molecule is O=C1CC(C(=O)O)C(c2c[nH]c3ccccc23)N1. The van der Waals surface area contributed by atoms with Crippen LogP contribution in [-0.2, 0) is 9.59 Å². The number of fused-ring (bicyclic) bond motifs is 1. The molecule has 5 heteroatoms. The van der Waals surface area contributed by atoms with Crippen LogP contribution in [-0.4, -0.2) is 22.0 Å². The van der Waals surface area contributed by atoms with E-state index in [2.05, 4.69) is 10.3 Å². The van der Waals surface area contributed by atoms with Gasteiger partial charge in [-0.2, -0.15) is 0 Å². The van der Waals surface area contributed by atoms with Gasteiger partial charge in [-0.05, 0) is 6.07 Å². The van der Waals surface area contributed by atoms with Crippen LogP contribution in [0.4, 0.5) is 0 Å². The van der Waals surface area contributed by atoms with Gasteiger partial charge in [0.25, 0.3) is 0 Å². The minimum Gasteiger partial charge on any atom is -0.481 e. The number of H-pyrrole nitrogens is 1. The highest BCUT2D eigenvalue weighted by Gasteiger charge is 2.39. The molecule has 2 atom stereocenters. The Labute approximate surface area is 103 Å². The number of carboxylic acids is 1. The molecule has 0 bridgehead atoms. The summed E-state index contributed by atoms with van der Waals surface area (Å²) >= 11 is 0.